The van der Waals surface area contributed by atoms with Gasteiger partial charge in [0, 0.05) is 25.3 Å². The third kappa shape index (κ3) is 2.10. The normalized spacial score (nSPS) is 18.8. The monoisotopic (exact) mass is 223 g/mol. The lowest BCUT2D eigenvalue weighted by Crippen LogP contribution is -2.37. The van der Waals surface area contributed by atoms with Crippen LogP contribution in [0, 0.1) is 0 Å². The first-order valence-electron chi connectivity index (χ1n) is 5.48. The van der Waals surface area contributed by atoms with Crippen molar-refractivity contribution in [3.63, 3.8) is 0 Å². The summed E-state index contributed by atoms with van der Waals surface area (Å²) in [5, 5.41) is 1.91. The summed E-state index contributed by atoms with van der Waals surface area (Å²) in [6.45, 7) is 1.70. The second-order valence-corrected chi connectivity index (χ2v) is 4.02. The highest BCUT2D eigenvalue weighted by Gasteiger charge is 2.21. The predicted molar refractivity (Wildman–Crippen MR) is 62.0 cm³/mol. The lowest BCUT2D eigenvalue weighted by atomic mass is 10.1. The van der Waals surface area contributed by atoms with Crippen LogP contribution < -0.4 is 11.3 Å². The molecule has 2 heterocycles. The van der Waals surface area contributed by atoms with Crippen LogP contribution in [0.5, 0.6) is 0 Å². The highest BCUT2D eigenvalue weighted by Crippen LogP contribution is 2.20. The molecule has 1 fully saturated rings. The first-order chi connectivity index (χ1) is 7.72. The van der Waals surface area contributed by atoms with Crippen molar-refractivity contribution in [3.05, 3.63) is 28.7 Å². The number of hydrogen-bond donors (Lipinski definition) is 1. The quantitative estimate of drug-likeness (QED) is 0.798. The highest BCUT2D eigenvalue weighted by molar-refractivity contribution is 5.33. The largest absolute Gasteiger partial charge is 0.394 e. The lowest BCUT2D eigenvalue weighted by Gasteiger charge is -2.31. The number of hydrogen-bond acceptors (Lipinski definition) is 4. The Morgan fingerprint density at radius 2 is 2.12 bits per heavy atom. The summed E-state index contributed by atoms with van der Waals surface area (Å²) in [5.74, 6) is 0. The SMILES string of the molecule is CON1CCC(n2cccc(N)c2=O)CC1. The minimum absolute atomic E-state index is 0.0848. The van der Waals surface area contributed by atoms with Crippen molar-refractivity contribution in [2.75, 3.05) is 25.9 Å². The molecule has 0 saturated carbocycles. The number of nitrogens with two attached hydrogens (primary N) is 1. The van der Waals surface area contributed by atoms with E-state index in [-0.39, 0.29) is 11.6 Å². The van der Waals surface area contributed by atoms with E-state index >= 15 is 0 Å². The van der Waals surface area contributed by atoms with Gasteiger partial charge in [0.1, 0.15) is 0 Å². The van der Waals surface area contributed by atoms with Crippen LogP contribution in [-0.2, 0) is 4.84 Å². The first kappa shape index (κ1) is 11.2. The Bertz CT molecular complexity index is 408. The van der Waals surface area contributed by atoms with Crippen LogP contribution in [0.3, 0.4) is 0 Å². The maximum atomic E-state index is 11.8. The minimum atomic E-state index is -0.0848. The summed E-state index contributed by atoms with van der Waals surface area (Å²) in [7, 11) is 1.67. The zero-order valence-corrected chi connectivity index (χ0v) is 9.43. The molecular formula is C11H17N3O2. The Morgan fingerprint density at radius 1 is 1.44 bits per heavy atom. The summed E-state index contributed by atoms with van der Waals surface area (Å²) in [4.78, 5) is 17.0. The molecule has 5 heteroatoms. The van der Waals surface area contributed by atoms with Gasteiger partial charge in [-0.1, -0.05) is 0 Å². The fourth-order valence-corrected chi connectivity index (χ4v) is 2.12. The van der Waals surface area contributed by atoms with E-state index in [1.165, 1.54) is 0 Å². The molecule has 1 aromatic rings. The molecule has 5 nitrogen and oxygen atoms in total. The van der Waals surface area contributed by atoms with Gasteiger partial charge in [-0.25, -0.2) is 0 Å². The van der Waals surface area contributed by atoms with Gasteiger partial charge < -0.3 is 15.1 Å². The third-order valence-corrected chi connectivity index (χ3v) is 3.08. The molecule has 0 bridgehead atoms. The van der Waals surface area contributed by atoms with E-state index in [0.717, 1.165) is 25.9 Å². The second kappa shape index (κ2) is 4.67. The number of nitrogens with zero attached hydrogens (tertiary/aromatic N) is 2. The fraction of sp³-hybridized carbons (Fsp3) is 0.545. The summed E-state index contributed by atoms with van der Waals surface area (Å²) in [6, 6.07) is 3.70. The van der Waals surface area contributed by atoms with Crippen molar-refractivity contribution in [1.82, 2.24) is 9.63 Å². The van der Waals surface area contributed by atoms with Gasteiger partial charge in [-0.05, 0) is 25.0 Å². The molecule has 0 amide bonds. The highest BCUT2D eigenvalue weighted by atomic mass is 16.7. The molecule has 0 spiro atoms. The molecule has 0 unspecified atom stereocenters. The average Bonchev–Trinajstić information content (AvgIpc) is 2.33. The Kier molecular flexibility index (Phi) is 3.26. The van der Waals surface area contributed by atoms with Gasteiger partial charge in [0.25, 0.3) is 5.56 Å². The van der Waals surface area contributed by atoms with Crippen molar-refractivity contribution in [3.8, 4) is 0 Å². The van der Waals surface area contributed by atoms with Crippen LogP contribution in [0.15, 0.2) is 23.1 Å². The molecule has 0 aromatic carbocycles. The summed E-state index contributed by atoms with van der Waals surface area (Å²) < 4.78 is 1.74. The number of hydroxylamine groups is 2. The van der Waals surface area contributed by atoms with Crippen molar-refractivity contribution >= 4 is 5.69 Å². The van der Waals surface area contributed by atoms with Crippen molar-refractivity contribution in [1.29, 1.82) is 0 Å². The molecule has 88 valence electrons. The Labute approximate surface area is 94.4 Å². The fourth-order valence-electron chi connectivity index (χ4n) is 2.12. The number of pyridine rings is 1. The van der Waals surface area contributed by atoms with E-state index in [0.29, 0.717) is 5.69 Å². The van der Waals surface area contributed by atoms with E-state index in [1.54, 1.807) is 17.7 Å². The van der Waals surface area contributed by atoms with E-state index in [9.17, 15) is 4.79 Å². The molecule has 2 rings (SSSR count). The molecule has 1 saturated heterocycles. The van der Waals surface area contributed by atoms with E-state index in [1.807, 2.05) is 17.3 Å². The maximum Gasteiger partial charge on any atom is 0.273 e. The number of rotatable bonds is 2. The zero-order chi connectivity index (χ0) is 11.5. The molecule has 16 heavy (non-hydrogen) atoms. The molecule has 1 aromatic heterocycles. The van der Waals surface area contributed by atoms with Crippen LogP contribution >= 0.6 is 0 Å². The topological polar surface area (TPSA) is 60.5 Å². The van der Waals surface area contributed by atoms with Crippen LogP contribution in [0.2, 0.25) is 0 Å². The molecule has 0 radical (unpaired) electrons. The van der Waals surface area contributed by atoms with Crippen LogP contribution in [0.4, 0.5) is 5.69 Å². The van der Waals surface area contributed by atoms with Gasteiger partial charge >= 0.3 is 0 Å². The van der Waals surface area contributed by atoms with Crippen molar-refractivity contribution in [2.24, 2.45) is 0 Å². The predicted octanol–water partition coefficient (Wildman–Crippen LogP) is 0.629. The van der Waals surface area contributed by atoms with E-state index in [2.05, 4.69) is 0 Å². The molecule has 1 aliphatic rings. The van der Waals surface area contributed by atoms with Crippen LogP contribution in [0.1, 0.15) is 18.9 Å². The van der Waals surface area contributed by atoms with Crippen molar-refractivity contribution in [2.45, 2.75) is 18.9 Å². The van der Waals surface area contributed by atoms with Crippen LogP contribution in [-0.4, -0.2) is 29.8 Å². The molecule has 0 aliphatic carbocycles. The Balaban J connectivity index is 2.14. The first-order valence-corrected chi connectivity index (χ1v) is 5.48. The third-order valence-electron chi connectivity index (χ3n) is 3.08. The van der Waals surface area contributed by atoms with Gasteiger partial charge in [0.2, 0.25) is 0 Å². The summed E-state index contributed by atoms with van der Waals surface area (Å²) in [5.41, 5.74) is 5.84. The van der Waals surface area contributed by atoms with Crippen molar-refractivity contribution < 1.29 is 4.84 Å². The zero-order valence-electron chi connectivity index (χ0n) is 9.43. The minimum Gasteiger partial charge on any atom is -0.394 e. The number of anilines is 1. The summed E-state index contributed by atoms with van der Waals surface area (Å²) in [6.07, 6.45) is 3.64. The Hall–Kier alpha value is -1.33. The van der Waals surface area contributed by atoms with Gasteiger partial charge in [0.05, 0.1) is 12.8 Å². The molecule has 2 N–H and O–H groups in total. The average molecular weight is 223 g/mol. The smallest absolute Gasteiger partial charge is 0.273 e. The molecular weight excluding hydrogens is 206 g/mol. The van der Waals surface area contributed by atoms with Gasteiger partial charge in [-0.3, -0.25) is 4.79 Å². The van der Waals surface area contributed by atoms with Gasteiger partial charge in [-0.2, -0.15) is 5.06 Å². The van der Waals surface area contributed by atoms with Gasteiger partial charge in [-0.15, -0.1) is 0 Å². The maximum absolute atomic E-state index is 11.8. The standard InChI is InChI=1S/C11H17N3O2/c1-16-13-7-4-9(5-8-13)14-6-2-3-10(12)11(14)15/h2-3,6,9H,4-5,7-8,12H2,1H3. The number of piperidine rings is 1. The molecule has 1 aliphatic heterocycles. The number of aromatic nitrogens is 1. The number of nitrogen functional groups attached to an aromatic ring is 1. The van der Waals surface area contributed by atoms with Crippen LogP contribution in [0.25, 0.3) is 0 Å². The Morgan fingerprint density at radius 3 is 2.75 bits per heavy atom. The summed E-state index contributed by atoms with van der Waals surface area (Å²) >= 11 is 0. The van der Waals surface area contributed by atoms with E-state index in [4.69, 9.17) is 10.6 Å². The van der Waals surface area contributed by atoms with Gasteiger partial charge in [0.15, 0.2) is 0 Å². The van der Waals surface area contributed by atoms with E-state index < -0.39 is 0 Å². The second-order valence-electron chi connectivity index (χ2n) is 4.02. The molecule has 0 atom stereocenters. The lowest BCUT2D eigenvalue weighted by molar-refractivity contribution is -0.146.